The Labute approximate surface area is 153 Å². The monoisotopic (exact) mass is 410 g/mol. The molecule has 1 aromatic carbocycles. The van der Waals surface area contributed by atoms with Crippen molar-refractivity contribution in [1.29, 1.82) is 0 Å². The Morgan fingerprint density at radius 2 is 2.17 bits per heavy atom. The lowest BCUT2D eigenvalue weighted by atomic mass is 9.98. The fourth-order valence-electron chi connectivity index (χ4n) is 3.18. The Hall–Kier alpha value is -0.920. The highest BCUT2D eigenvalue weighted by Crippen LogP contribution is 2.33. The molecule has 0 radical (unpaired) electrons. The first-order chi connectivity index (χ1) is 11.7. The van der Waals surface area contributed by atoms with Crippen LogP contribution in [0.25, 0.3) is 10.9 Å². The normalized spacial score (nSPS) is 21.4. The fourth-order valence-corrected chi connectivity index (χ4v) is 4.45. The van der Waals surface area contributed by atoms with Gasteiger partial charge in [-0.3, -0.25) is 4.72 Å². The minimum absolute atomic E-state index is 0.269. The maximum Gasteiger partial charge on any atom is 0.139 e. The largest absolute Gasteiger partial charge is 0.356 e. The van der Waals surface area contributed by atoms with Crippen molar-refractivity contribution in [3.8, 4) is 0 Å². The smallest absolute Gasteiger partial charge is 0.139 e. The molecule has 128 valence electrons. The Morgan fingerprint density at radius 3 is 3.00 bits per heavy atom. The lowest BCUT2D eigenvalue weighted by molar-refractivity contribution is 0.414. The molecule has 1 N–H and O–H groups in total. The van der Waals surface area contributed by atoms with Gasteiger partial charge in [-0.1, -0.05) is 11.9 Å². The zero-order valence-corrected chi connectivity index (χ0v) is 15.7. The molecule has 2 aromatic rings. The number of rotatable bonds is 5. The van der Waals surface area contributed by atoms with Crippen LogP contribution in [0, 0.1) is 11.7 Å². The van der Waals surface area contributed by atoms with Crippen molar-refractivity contribution < 1.29 is 4.39 Å². The maximum atomic E-state index is 14.0. The Kier molecular flexibility index (Phi) is 4.92. The molecule has 1 saturated heterocycles. The summed E-state index contributed by atoms with van der Waals surface area (Å²) in [5.74, 6) is 1.19. The van der Waals surface area contributed by atoms with E-state index < -0.39 is 0 Å². The molecular formula is C17H20BrFN4S. The van der Waals surface area contributed by atoms with Gasteiger partial charge in [0.1, 0.15) is 18.0 Å². The number of piperidine rings is 1. The molecule has 1 unspecified atom stereocenters. The quantitative estimate of drug-likeness (QED) is 0.749. The molecule has 2 aliphatic rings. The van der Waals surface area contributed by atoms with Gasteiger partial charge in [0.2, 0.25) is 0 Å². The summed E-state index contributed by atoms with van der Waals surface area (Å²) in [7, 11) is 0. The first kappa shape index (κ1) is 16.5. The zero-order valence-electron chi connectivity index (χ0n) is 13.3. The van der Waals surface area contributed by atoms with Crippen LogP contribution in [-0.2, 0) is 0 Å². The highest BCUT2D eigenvalue weighted by Gasteiger charge is 2.25. The van der Waals surface area contributed by atoms with E-state index in [9.17, 15) is 4.39 Å². The summed E-state index contributed by atoms with van der Waals surface area (Å²) in [5.41, 5.74) is 0.776. The minimum Gasteiger partial charge on any atom is -0.356 e. The van der Waals surface area contributed by atoms with Crippen LogP contribution in [0.15, 0.2) is 22.9 Å². The molecular weight excluding hydrogens is 391 g/mol. The average Bonchev–Trinajstić information content (AvgIpc) is 3.40. The van der Waals surface area contributed by atoms with Crippen molar-refractivity contribution in [2.75, 3.05) is 24.5 Å². The highest BCUT2D eigenvalue weighted by molar-refractivity contribution is 9.10. The first-order valence-corrected chi connectivity index (χ1v) is 10.1. The standard InChI is InChI=1S/C17H20BrFN4S/c18-14-7-16-13(6-15(14)19)17(21-10-20-16)23-5-1-2-11(9-23)8-22-24-12-3-4-12/h6-7,10-12,22H,1-5,8-9H2. The molecule has 24 heavy (non-hydrogen) atoms. The molecule has 1 atom stereocenters. The Morgan fingerprint density at radius 1 is 1.29 bits per heavy atom. The van der Waals surface area contributed by atoms with Crippen molar-refractivity contribution in [2.45, 2.75) is 30.9 Å². The van der Waals surface area contributed by atoms with Gasteiger partial charge in [0.25, 0.3) is 0 Å². The molecule has 0 spiro atoms. The second-order valence-electron chi connectivity index (χ2n) is 6.60. The molecule has 4 nitrogen and oxygen atoms in total. The third-order valence-corrected chi connectivity index (χ3v) is 6.37. The highest BCUT2D eigenvalue weighted by atomic mass is 79.9. The summed E-state index contributed by atoms with van der Waals surface area (Å²) in [4.78, 5) is 11.0. The van der Waals surface area contributed by atoms with E-state index in [1.54, 1.807) is 18.5 Å². The van der Waals surface area contributed by atoms with E-state index >= 15 is 0 Å². The van der Waals surface area contributed by atoms with Gasteiger partial charge in [0.15, 0.2) is 0 Å². The van der Waals surface area contributed by atoms with E-state index in [1.165, 1.54) is 19.3 Å². The molecule has 4 rings (SSSR count). The summed E-state index contributed by atoms with van der Waals surface area (Å²) < 4.78 is 18.0. The minimum atomic E-state index is -0.269. The Bertz CT molecular complexity index is 740. The van der Waals surface area contributed by atoms with Crippen LogP contribution in [0.4, 0.5) is 10.2 Å². The molecule has 1 saturated carbocycles. The number of nitrogens with one attached hydrogen (secondary N) is 1. The SMILES string of the molecule is Fc1cc2c(N3CCCC(CNSC4CC4)C3)ncnc2cc1Br. The zero-order chi connectivity index (χ0) is 16.5. The van der Waals surface area contributed by atoms with Gasteiger partial charge in [-0.05, 0) is 59.7 Å². The summed E-state index contributed by atoms with van der Waals surface area (Å²) >= 11 is 5.12. The number of hydrogen-bond acceptors (Lipinski definition) is 5. The number of halogens is 2. The average molecular weight is 411 g/mol. The Balaban J connectivity index is 1.51. The molecule has 7 heteroatoms. The van der Waals surface area contributed by atoms with Crippen LogP contribution in [0.1, 0.15) is 25.7 Å². The van der Waals surface area contributed by atoms with Gasteiger partial charge < -0.3 is 4.90 Å². The van der Waals surface area contributed by atoms with Crippen LogP contribution in [-0.4, -0.2) is 34.9 Å². The lowest BCUT2D eigenvalue weighted by Crippen LogP contribution is -2.39. The molecule has 0 bridgehead atoms. The van der Waals surface area contributed by atoms with E-state index in [2.05, 4.69) is 35.5 Å². The molecule has 0 amide bonds. The number of benzene rings is 1. The number of aromatic nitrogens is 2. The summed E-state index contributed by atoms with van der Waals surface area (Å²) in [6.07, 6.45) is 6.65. The van der Waals surface area contributed by atoms with E-state index in [-0.39, 0.29) is 5.82 Å². The second kappa shape index (κ2) is 7.14. The van der Waals surface area contributed by atoms with E-state index in [4.69, 9.17) is 0 Å². The van der Waals surface area contributed by atoms with E-state index in [1.807, 2.05) is 11.9 Å². The lowest BCUT2D eigenvalue weighted by Gasteiger charge is -2.34. The molecule has 1 aliphatic carbocycles. The topological polar surface area (TPSA) is 41.0 Å². The van der Waals surface area contributed by atoms with Crippen molar-refractivity contribution in [2.24, 2.45) is 5.92 Å². The number of anilines is 1. The second-order valence-corrected chi connectivity index (χ2v) is 8.65. The van der Waals surface area contributed by atoms with Crippen molar-refractivity contribution in [3.05, 3.63) is 28.7 Å². The van der Waals surface area contributed by atoms with Gasteiger partial charge in [0.05, 0.1) is 9.99 Å². The van der Waals surface area contributed by atoms with Crippen LogP contribution in [0.5, 0.6) is 0 Å². The van der Waals surface area contributed by atoms with E-state index in [0.717, 1.165) is 48.0 Å². The van der Waals surface area contributed by atoms with Crippen LogP contribution < -0.4 is 9.62 Å². The molecule has 1 aromatic heterocycles. The molecule has 2 heterocycles. The number of nitrogens with zero attached hydrogens (tertiary/aromatic N) is 3. The summed E-state index contributed by atoms with van der Waals surface area (Å²) in [5, 5.41) is 1.62. The number of hydrogen-bond donors (Lipinski definition) is 1. The van der Waals surface area contributed by atoms with E-state index in [0.29, 0.717) is 10.4 Å². The predicted octanol–water partition coefficient (Wildman–Crippen LogP) is 4.15. The van der Waals surface area contributed by atoms with Gasteiger partial charge in [-0.25, -0.2) is 14.4 Å². The van der Waals surface area contributed by atoms with Gasteiger partial charge in [-0.15, -0.1) is 0 Å². The first-order valence-electron chi connectivity index (χ1n) is 8.44. The van der Waals surface area contributed by atoms with Gasteiger partial charge >= 0.3 is 0 Å². The van der Waals surface area contributed by atoms with Gasteiger partial charge in [0, 0.05) is 30.3 Å². The maximum absolute atomic E-state index is 14.0. The summed E-state index contributed by atoms with van der Waals surface area (Å²) in [6.45, 7) is 2.96. The number of fused-ring (bicyclic) bond motifs is 1. The van der Waals surface area contributed by atoms with Crippen molar-refractivity contribution >= 4 is 44.6 Å². The third kappa shape index (κ3) is 3.68. The summed E-state index contributed by atoms with van der Waals surface area (Å²) in [6, 6.07) is 3.27. The van der Waals surface area contributed by atoms with Crippen molar-refractivity contribution in [1.82, 2.24) is 14.7 Å². The van der Waals surface area contributed by atoms with Crippen molar-refractivity contribution in [3.63, 3.8) is 0 Å². The van der Waals surface area contributed by atoms with Crippen LogP contribution >= 0.6 is 27.9 Å². The molecule has 1 aliphatic heterocycles. The van der Waals surface area contributed by atoms with Crippen LogP contribution in [0.2, 0.25) is 0 Å². The predicted molar refractivity (Wildman–Crippen MR) is 101 cm³/mol. The van der Waals surface area contributed by atoms with Gasteiger partial charge in [-0.2, -0.15) is 0 Å². The third-order valence-electron chi connectivity index (χ3n) is 4.62. The molecule has 2 fully saturated rings. The fraction of sp³-hybridized carbons (Fsp3) is 0.529. The van der Waals surface area contributed by atoms with Crippen LogP contribution in [0.3, 0.4) is 0 Å².